The fourth-order valence-corrected chi connectivity index (χ4v) is 2.39. The SMILES string of the molecule is COc1ccc(CNC(=O)C(N)C2CCOCC2)c(F)c1. The van der Waals surface area contributed by atoms with E-state index in [1.165, 1.54) is 13.2 Å². The van der Waals surface area contributed by atoms with Gasteiger partial charge in [0.15, 0.2) is 0 Å². The van der Waals surface area contributed by atoms with E-state index in [4.69, 9.17) is 15.2 Å². The van der Waals surface area contributed by atoms with Crippen LogP contribution in [0, 0.1) is 11.7 Å². The second-order valence-corrected chi connectivity index (χ2v) is 5.15. The molecule has 0 aliphatic carbocycles. The molecule has 2 rings (SSSR count). The van der Waals surface area contributed by atoms with Crippen LogP contribution in [0.4, 0.5) is 4.39 Å². The Morgan fingerprint density at radius 3 is 2.86 bits per heavy atom. The Labute approximate surface area is 123 Å². The molecule has 1 fully saturated rings. The quantitative estimate of drug-likeness (QED) is 0.856. The highest BCUT2D eigenvalue weighted by molar-refractivity contribution is 5.81. The first kappa shape index (κ1) is 15.7. The zero-order valence-corrected chi connectivity index (χ0v) is 12.1. The summed E-state index contributed by atoms with van der Waals surface area (Å²) in [5.41, 5.74) is 6.36. The molecule has 0 radical (unpaired) electrons. The minimum Gasteiger partial charge on any atom is -0.497 e. The van der Waals surface area contributed by atoms with Crippen LogP contribution in [0.3, 0.4) is 0 Å². The van der Waals surface area contributed by atoms with Crippen molar-refractivity contribution in [1.82, 2.24) is 5.32 Å². The van der Waals surface area contributed by atoms with Crippen LogP contribution in [0.25, 0.3) is 0 Å². The van der Waals surface area contributed by atoms with E-state index < -0.39 is 11.9 Å². The van der Waals surface area contributed by atoms with Gasteiger partial charge in [-0.2, -0.15) is 0 Å². The smallest absolute Gasteiger partial charge is 0.237 e. The minimum absolute atomic E-state index is 0.117. The van der Waals surface area contributed by atoms with Gasteiger partial charge in [-0.3, -0.25) is 4.79 Å². The lowest BCUT2D eigenvalue weighted by atomic mass is 9.92. The van der Waals surface area contributed by atoms with Crippen LogP contribution >= 0.6 is 0 Å². The maximum absolute atomic E-state index is 13.8. The number of hydrogen-bond acceptors (Lipinski definition) is 4. The van der Waals surface area contributed by atoms with Gasteiger partial charge < -0.3 is 20.5 Å². The first-order valence-electron chi connectivity index (χ1n) is 7.05. The van der Waals surface area contributed by atoms with Crippen LogP contribution in [0.2, 0.25) is 0 Å². The average Bonchev–Trinajstić information content (AvgIpc) is 2.53. The number of carbonyl (C=O) groups excluding carboxylic acids is 1. The highest BCUT2D eigenvalue weighted by Crippen LogP contribution is 2.18. The molecule has 0 spiro atoms. The molecule has 1 aromatic carbocycles. The number of ether oxygens (including phenoxy) is 2. The van der Waals surface area contributed by atoms with Crippen molar-refractivity contribution < 1.29 is 18.7 Å². The van der Waals surface area contributed by atoms with E-state index in [1.807, 2.05) is 0 Å². The van der Waals surface area contributed by atoms with Gasteiger partial charge in [0.1, 0.15) is 11.6 Å². The Hall–Kier alpha value is -1.66. The van der Waals surface area contributed by atoms with E-state index >= 15 is 0 Å². The van der Waals surface area contributed by atoms with Crippen LogP contribution in [0.1, 0.15) is 18.4 Å². The first-order chi connectivity index (χ1) is 10.1. The number of amides is 1. The summed E-state index contributed by atoms with van der Waals surface area (Å²) in [5, 5.41) is 2.69. The van der Waals surface area contributed by atoms with Gasteiger partial charge in [0.25, 0.3) is 0 Å². The zero-order chi connectivity index (χ0) is 15.2. The molecule has 1 aliphatic heterocycles. The molecular weight excluding hydrogens is 275 g/mol. The predicted octanol–water partition coefficient (Wildman–Crippen LogP) is 1.20. The van der Waals surface area contributed by atoms with Crippen molar-refractivity contribution in [2.45, 2.75) is 25.4 Å². The third kappa shape index (κ3) is 4.15. The third-order valence-electron chi connectivity index (χ3n) is 3.79. The van der Waals surface area contributed by atoms with Crippen LogP contribution in [0.15, 0.2) is 18.2 Å². The van der Waals surface area contributed by atoms with Crippen LogP contribution in [-0.2, 0) is 16.1 Å². The summed E-state index contributed by atoms with van der Waals surface area (Å²) in [6, 6.07) is 3.97. The molecule has 0 aromatic heterocycles. The summed E-state index contributed by atoms with van der Waals surface area (Å²) in [4.78, 5) is 12.0. The molecule has 116 valence electrons. The number of nitrogens with two attached hydrogens (primary N) is 1. The standard InChI is InChI=1S/C15H21FN2O3/c1-20-12-3-2-11(13(16)8-12)9-18-15(19)14(17)10-4-6-21-7-5-10/h2-3,8,10,14H,4-7,9,17H2,1H3,(H,18,19). The number of hydrogen-bond donors (Lipinski definition) is 2. The Balaban J connectivity index is 1.88. The van der Waals surface area contributed by atoms with Crippen LogP contribution in [0.5, 0.6) is 5.75 Å². The van der Waals surface area contributed by atoms with Crippen LogP contribution < -0.4 is 15.8 Å². The summed E-state index contributed by atoms with van der Waals surface area (Å²) in [6.45, 7) is 1.39. The Kier molecular flexibility index (Phi) is 5.52. The molecule has 1 atom stereocenters. The lowest BCUT2D eigenvalue weighted by Crippen LogP contribution is -2.46. The van der Waals surface area contributed by atoms with E-state index in [0.29, 0.717) is 24.5 Å². The molecule has 1 aliphatic rings. The van der Waals surface area contributed by atoms with Gasteiger partial charge >= 0.3 is 0 Å². The molecular formula is C15H21FN2O3. The number of benzene rings is 1. The number of carbonyl (C=O) groups is 1. The van der Waals surface area contributed by atoms with Crippen molar-refractivity contribution in [3.8, 4) is 5.75 Å². The normalized spacial score (nSPS) is 17.3. The number of methoxy groups -OCH3 is 1. The average molecular weight is 296 g/mol. The van der Waals surface area contributed by atoms with Crippen molar-refractivity contribution in [2.24, 2.45) is 11.7 Å². The van der Waals surface area contributed by atoms with Crippen LogP contribution in [-0.4, -0.2) is 32.3 Å². The lowest BCUT2D eigenvalue weighted by molar-refractivity contribution is -0.124. The van der Waals surface area contributed by atoms with Gasteiger partial charge in [0.05, 0.1) is 13.2 Å². The van der Waals surface area contributed by atoms with Crippen molar-refractivity contribution >= 4 is 5.91 Å². The summed E-state index contributed by atoms with van der Waals surface area (Å²) in [7, 11) is 1.48. The zero-order valence-electron chi connectivity index (χ0n) is 12.1. The summed E-state index contributed by atoms with van der Waals surface area (Å²) in [6.07, 6.45) is 1.57. The van der Waals surface area contributed by atoms with Crippen molar-refractivity contribution in [3.63, 3.8) is 0 Å². The Morgan fingerprint density at radius 2 is 2.24 bits per heavy atom. The molecule has 1 aromatic rings. The molecule has 1 saturated heterocycles. The van der Waals surface area contributed by atoms with Crippen molar-refractivity contribution in [1.29, 1.82) is 0 Å². The monoisotopic (exact) mass is 296 g/mol. The predicted molar refractivity (Wildman–Crippen MR) is 76.3 cm³/mol. The second-order valence-electron chi connectivity index (χ2n) is 5.15. The number of nitrogens with one attached hydrogen (secondary N) is 1. The molecule has 1 unspecified atom stereocenters. The van der Waals surface area contributed by atoms with Gasteiger partial charge in [-0.05, 0) is 24.8 Å². The number of halogens is 1. The minimum atomic E-state index is -0.574. The maximum atomic E-state index is 13.8. The molecule has 1 amide bonds. The fourth-order valence-electron chi connectivity index (χ4n) is 2.39. The summed E-state index contributed by atoms with van der Waals surface area (Å²) >= 11 is 0. The van der Waals surface area contributed by atoms with Crippen molar-refractivity contribution in [2.75, 3.05) is 20.3 Å². The van der Waals surface area contributed by atoms with E-state index in [0.717, 1.165) is 12.8 Å². The van der Waals surface area contributed by atoms with Gasteiger partial charge in [-0.1, -0.05) is 6.07 Å². The number of rotatable bonds is 5. The van der Waals surface area contributed by atoms with Crippen molar-refractivity contribution in [3.05, 3.63) is 29.6 Å². The molecule has 0 bridgehead atoms. The van der Waals surface area contributed by atoms with E-state index in [9.17, 15) is 9.18 Å². The molecule has 6 heteroatoms. The molecule has 0 saturated carbocycles. The fraction of sp³-hybridized carbons (Fsp3) is 0.533. The molecule has 3 N–H and O–H groups in total. The molecule has 21 heavy (non-hydrogen) atoms. The Morgan fingerprint density at radius 1 is 1.52 bits per heavy atom. The maximum Gasteiger partial charge on any atom is 0.237 e. The topological polar surface area (TPSA) is 73.6 Å². The summed E-state index contributed by atoms with van der Waals surface area (Å²) in [5.74, 6) is -0.0904. The van der Waals surface area contributed by atoms with E-state index in [2.05, 4.69) is 5.32 Å². The Bertz CT molecular complexity index is 490. The highest BCUT2D eigenvalue weighted by atomic mass is 19.1. The van der Waals surface area contributed by atoms with Gasteiger partial charge in [-0.25, -0.2) is 4.39 Å². The summed E-state index contributed by atoms with van der Waals surface area (Å²) < 4.78 is 23.9. The van der Waals surface area contributed by atoms with Gasteiger partial charge in [0, 0.05) is 31.4 Å². The second kappa shape index (κ2) is 7.38. The highest BCUT2D eigenvalue weighted by Gasteiger charge is 2.26. The van der Waals surface area contributed by atoms with Gasteiger partial charge in [0.2, 0.25) is 5.91 Å². The van der Waals surface area contributed by atoms with E-state index in [-0.39, 0.29) is 18.4 Å². The molecule has 5 nitrogen and oxygen atoms in total. The van der Waals surface area contributed by atoms with Gasteiger partial charge in [-0.15, -0.1) is 0 Å². The third-order valence-corrected chi connectivity index (χ3v) is 3.79. The molecule has 1 heterocycles. The lowest BCUT2D eigenvalue weighted by Gasteiger charge is -2.26. The first-order valence-corrected chi connectivity index (χ1v) is 7.05. The largest absolute Gasteiger partial charge is 0.497 e. The van der Waals surface area contributed by atoms with E-state index in [1.54, 1.807) is 12.1 Å².